The van der Waals surface area contributed by atoms with Gasteiger partial charge < -0.3 is 14.6 Å². The Bertz CT molecular complexity index is 1170. The van der Waals surface area contributed by atoms with Gasteiger partial charge in [0, 0.05) is 12.6 Å². The largest absolute Gasteiger partial charge is 0.455 e. The van der Waals surface area contributed by atoms with Crippen LogP contribution in [-0.4, -0.2) is 26.4 Å². The first-order valence-electron chi connectivity index (χ1n) is 9.81. The van der Waals surface area contributed by atoms with Crippen LogP contribution in [0.1, 0.15) is 5.56 Å². The molecule has 0 aliphatic rings. The van der Waals surface area contributed by atoms with Gasteiger partial charge in [0.1, 0.15) is 5.75 Å². The quantitative estimate of drug-likeness (QED) is 0.402. The maximum Gasteiger partial charge on any atom is 0.234 e. The fraction of sp³-hybridized carbons (Fsp3) is 0.125. The van der Waals surface area contributed by atoms with Gasteiger partial charge in [0.15, 0.2) is 16.7 Å². The Labute approximate surface area is 185 Å². The van der Waals surface area contributed by atoms with Gasteiger partial charge in [-0.15, -0.1) is 10.2 Å². The Balaban J connectivity index is 1.40. The summed E-state index contributed by atoms with van der Waals surface area (Å²) in [6.07, 6.45) is 0. The number of nitrogens with zero attached hydrogens (tertiary/aromatic N) is 3. The Kier molecular flexibility index (Phi) is 6.33. The normalized spacial score (nSPS) is 10.6. The van der Waals surface area contributed by atoms with Gasteiger partial charge >= 0.3 is 0 Å². The lowest BCUT2D eigenvalue weighted by Crippen LogP contribution is -2.15. The van der Waals surface area contributed by atoms with E-state index >= 15 is 0 Å². The maximum absolute atomic E-state index is 12.6. The highest BCUT2D eigenvalue weighted by Crippen LogP contribution is 2.29. The highest BCUT2D eigenvalue weighted by Gasteiger charge is 2.14. The molecule has 7 heteroatoms. The number of nitrogens with one attached hydrogen (secondary N) is 1. The summed E-state index contributed by atoms with van der Waals surface area (Å²) in [4.78, 5) is 12.6. The van der Waals surface area contributed by atoms with Crippen LogP contribution in [0.25, 0.3) is 11.4 Å². The number of benzene rings is 3. The van der Waals surface area contributed by atoms with Crippen molar-refractivity contribution in [1.29, 1.82) is 0 Å². The number of rotatable bonds is 7. The van der Waals surface area contributed by atoms with Crippen molar-refractivity contribution in [1.82, 2.24) is 14.8 Å². The van der Waals surface area contributed by atoms with Crippen LogP contribution in [0.3, 0.4) is 0 Å². The van der Waals surface area contributed by atoms with Gasteiger partial charge in [0.25, 0.3) is 0 Å². The lowest BCUT2D eigenvalue weighted by atomic mass is 10.1. The predicted molar refractivity (Wildman–Crippen MR) is 123 cm³/mol. The van der Waals surface area contributed by atoms with Crippen LogP contribution in [-0.2, 0) is 11.8 Å². The molecule has 4 rings (SSSR count). The number of thioether (sulfide) groups is 1. The van der Waals surface area contributed by atoms with Crippen LogP contribution >= 0.6 is 11.8 Å². The number of anilines is 1. The van der Waals surface area contributed by atoms with Gasteiger partial charge in [-0.3, -0.25) is 4.79 Å². The van der Waals surface area contributed by atoms with E-state index in [-0.39, 0.29) is 11.7 Å². The molecule has 4 aromatic rings. The van der Waals surface area contributed by atoms with Crippen molar-refractivity contribution >= 4 is 23.4 Å². The molecule has 0 aliphatic carbocycles. The summed E-state index contributed by atoms with van der Waals surface area (Å²) in [5.41, 5.74) is 2.80. The van der Waals surface area contributed by atoms with Crippen molar-refractivity contribution in [3.63, 3.8) is 0 Å². The predicted octanol–water partition coefficient (Wildman–Crippen LogP) is 5.31. The number of carbonyl (C=O) groups is 1. The molecule has 0 unspecified atom stereocenters. The van der Waals surface area contributed by atoms with E-state index in [2.05, 4.69) is 15.5 Å². The maximum atomic E-state index is 12.6. The Hall–Kier alpha value is -3.58. The molecule has 0 fully saturated rings. The highest BCUT2D eigenvalue weighted by molar-refractivity contribution is 7.99. The zero-order valence-corrected chi connectivity index (χ0v) is 18.1. The van der Waals surface area contributed by atoms with Gasteiger partial charge in [-0.05, 0) is 31.2 Å². The van der Waals surface area contributed by atoms with Crippen LogP contribution in [0.4, 0.5) is 5.69 Å². The SMILES string of the molecule is Cc1ccc(-c2nnc(SCC(=O)Nc3ccccc3Oc3ccccc3)n2C)cc1. The number of amides is 1. The fourth-order valence-corrected chi connectivity index (χ4v) is 3.70. The fourth-order valence-electron chi connectivity index (χ4n) is 2.99. The van der Waals surface area contributed by atoms with E-state index in [1.165, 1.54) is 17.3 Å². The molecule has 3 aromatic carbocycles. The van der Waals surface area contributed by atoms with E-state index < -0.39 is 0 Å². The van der Waals surface area contributed by atoms with E-state index in [0.717, 1.165) is 11.4 Å². The molecule has 0 atom stereocenters. The molecule has 0 aliphatic heterocycles. The summed E-state index contributed by atoms with van der Waals surface area (Å²) in [6.45, 7) is 2.05. The second-order valence-electron chi connectivity index (χ2n) is 6.98. The zero-order valence-electron chi connectivity index (χ0n) is 17.3. The summed E-state index contributed by atoms with van der Waals surface area (Å²) < 4.78 is 7.80. The number of aryl methyl sites for hydroxylation is 1. The number of carbonyl (C=O) groups excluding carboxylic acids is 1. The van der Waals surface area contributed by atoms with E-state index in [4.69, 9.17) is 4.74 Å². The average molecular weight is 431 g/mol. The third-order valence-electron chi connectivity index (χ3n) is 4.61. The summed E-state index contributed by atoms with van der Waals surface area (Å²) in [5, 5.41) is 12.1. The number of para-hydroxylation sites is 3. The molecular weight excluding hydrogens is 408 g/mol. The van der Waals surface area contributed by atoms with E-state index in [9.17, 15) is 4.79 Å². The van der Waals surface area contributed by atoms with Crippen molar-refractivity contribution in [3.05, 3.63) is 84.4 Å². The first kappa shape index (κ1) is 20.7. The van der Waals surface area contributed by atoms with Crippen molar-refractivity contribution in [3.8, 4) is 22.9 Å². The minimum Gasteiger partial charge on any atom is -0.455 e. The monoisotopic (exact) mass is 430 g/mol. The van der Waals surface area contributed by atoms with Gasteiger partial charge in [0.05, 0.1) is 11.4 Å². The Morgan fingerprint density at radius 1 is 0.968 bits per heavy atom. The molecular formula is C24H22N4O2S. The number of hydrogen-bond acceptors (Lipinski definition) is 5. The van der Waals surface area contributed by atoms with Gasteiger partial charge in [-0.25, -0.2) is 0 Å². The lowest BCUT2D eigenvalue weighted by molar-refractivity contribution is -0.113. The van der Waals surface area contributed by atoms with Crippen molar-refractivity contribution < 1.29 is 9.53 Å². The molecule has 0 radical (unpaired) electrons. The topological polar surface area (TPSA) is 69.0 Å². The molecule has 1 amide bonds. The van der Waals surface area contributed by atoms with Crippen LogP contribution in [0, 0.1) is 6.92 Å². The molecule has 156 valence electrons. The molecule has 1 aromatic heterocycles. The highest BCUT2D eigenvalue weighted by atomic mass is 32.2. The first-order valence-corrected chi connectivity index (χ1v) is 10.8. The van der Waals surface area contributed by atoms with E-state index in [1.807, 2.05) is 97.4 Å². The lowest BCUT2D eigenvalue weighted by Gasteiger charge is -2.12. The Morgan fingerprint density at radius 3 is 2.45 bits per heavy atom. The summed E-state index contributed by atoms with van der Waals surface area (Å²) in [5.74, 6) is 2.13. The van der Waals surface area contributed by atoms with E-state index in [0.29, 0.717) is 22.3 Å². The average Bonchev–Trinajstić information content (AvgIpc) is 3.15. The molecule has 1 heterocycles. The number of ether oxygens (including phenoxy) is 1. The van der Waals surface area contributed by atoms with E-state index in [1.54, 1.807) is 0 Å². The molecule has 31 heavy (non-hydrogen) atoms. The minimum atomic E-state index is -0.144. The third kappa shape index (κ3) is 5.13. The second-order valence-corrected chi connectivity index (χ2v) is 7.92. The van der Waals surface area contributed by atoms with Crippen molar-refractivity contribution in [2.24, 2.45) is 7.05 Å². The van der Waals surface area contributed by atoms with Crippen LogP contribution < -0.4 is 10.1 Å². The first-order chi connectivity index (χ1) is 15.1. The Morgan fingerprint density at radius 2 is 1.68 bits per heavy atom. The smallest absolute Gasteiger partial charge is 0.234 e. The van der Waals surface area contributed by atoms with Gasteiger partial charge in [0.2, 0.25) is 5.91 Å². The van der Waals surface area contributed by atoms with Crippen molar-refractivity contribution in [2.75, 3.05) is 11.1 Å². The summed E-state index contributed by atoms with van der Waals surface area (Å²) in [6, 6.07) is 25.0. The molecule has 0 spiro atoms. The molecule has 6 nitrogen and oxygen atoms in total. The van der Waals surface area contributed by atoms with Crippen molar-refractivity contribution in [2.45, 2.75) is 12.1 Å². The van der Waals surface area contributed by atoms with Crippen LogP contribution in [0.5, 0.6) is 11.5 Å². The number of aromatic nitrogens is 3. The molecule has 0 bridgehead atoms. The standard InChI is InChI=1S/C24H22N4O2S/c1-17-12-14-18(15-13-17)23-26-27-24(28(23)2)31-16-22(29)25-20-10-6-7-11-21(20)30-19-8-4-3-5-9-19/h3-15H,16H2,1-2H3,(H,25,29). The minimum absolute atomic E-state index is 0.144. The zero-order chi connectivity index (χ0) is 21.6. The van der Waals surface area contributed by atoms with Gasteiger partial charge in [-0.2, -0.15) is 0 Å². The third-order valence-corrected chi connectivity index (χ3v) is 5.63. The van der Waals surface area contributed by atoms with Crippen LogP contribution in [0.15, 0.2) is 84.0 Å². The second kappa shape index (κ2) is 9.49. The number of hydrogen-bond donors (Lipinski definition) is 1. The molecule has 0 saturated carbocycles. The summed E-state index contributed by atoms with van der Waals surface area (Å²) in [7, 11) is 1.90. The molecule has 0 saturated heterocycles. The molecule has 1 N–H and O–H groups in total. The van der Waals surface area contributed by atoms with Crippen LogP contribution in [0.2, 0.25) is 0 Å². The summed E-state index contributed by atoms with van der Waals surface area (Å²) >= 11 is 1.34. The van der Waals surface area contributed by atoms with Gasteiger partial charge in [-0.1, -0.05) is 71.9 Å².